The molecule has 0 fully saturated rings. The summed E-state index contributed by atoms with van der Waals surface area (Å²) < 4.78 is 13.7. The van der Waals surface area contributed by atoms with E-state index in [1.165, 1.54) is 16.7 Å². The first-order valence-electron chi connectivity index (χ1n) is 28.4. The van der Waals surface area contributed by atoms with Crippen LogP contribution in [0.3, 0.4) is 0 Å². The van der Waals surface area contributed by atoms with Crippen LogP contribution in [0.5, 0.6) is 11.5 Å². The van der Waals surface area contributed by atoms with Crippen molar-refractivity contribution in [3.8, 4) is 73.7 Å². The average molecular weight is 1270 g/mol. The molecule has 9 heteroatoms. The molecule has 0 unspecified atom stereocenters. The van der Waals surface area contributed by atoms with Crippen molar-refractivity contribution >= 4 is 50.6 Å². The van der Waals surface area contributed by atoms with Crippen molar-refractivity contribution in [1.82, 2.24) is 33.7 Å². The van der Waals surface area contributed by atoms with Crippen LogP contribution in [-0.4, -0.2) is 30.5 Å². The van der Waals surface area contributed by atoms with Gasteiger partial charge in [-0.05, 0) is 89.9 Å². The Morgan fingerprint density at radius 2 is 0.964 bits per heavy atom. The predicted molar refractivity (Wildman–Crippen MR) is 340 cm³/mol. The minimum absolute atomic E-state index is 0. The van der Waals surface area contributed by atoms with Crippen LogP contribution in [0.2, 0.25) is 0 Å². The van der Waals surface area contributed by atoms with E-state index in [1.54, 1.807) is 0 Å². The molecule has 1 aliphatic heterocycles. The Bertz CT molecular complexity index is 4390. The van der Waals surface area contributed by atoms with Crippen LogP contribution in [-0.2, 0) is 37.3 Å². The second-order valence-corrected chi connectivity index (χ2v) is 24.4. The molecule has 0 spiro atoms. The Morgan fingerprint density at radius 1 is 0.440 bits per heavy atom. The third-order valence-electron chi connectivity index (χ3n) is 15.6. The van der Waals surface area contributed by atoms with Crippen LogP contribution < -0.4 is 13.9 Å². The minimum Gasteiger partial charge on any atom is -0.508 e. The monoisotopic (exact) mass is 1270 g/mol. The first-order valence-corrected chi connectivity index (χ1v) is 28.4. The van der Waals surface area contributed by atoms with E-state index in [9.17, 15) is 0 Å². The number of fused-ring (bicyclic) bond motifs is 4. The third kappa shape index (κ3) is 10.5. The topological polar surface area (TPSA) is 71.7 Å². The Labute approximate surface area is 506 Å². The molecule has 0 N–H and O–H groups in total. The van der Waals surface area contributed by atoms with Crippen molar-refractivity contribution in [3.63, 3.8) is 0 Å². The molecule has 12 aromatic rings. The standard InChI is InChI=1S/C75H63N7O.Pt/c1-73(2,3)53-37-33-49(34-38-53)58-28-21-29-59(50-35-39-54(40-36-50)74(4,5)6)69(58)81-48-80(64-30-16-17-31-65(64)81)56-26-20-27-57(45-56)83-67-47-66-61(60-44-55(75(7,8)9)41-42-63(60)82(66)68-32-18-19-43-76-68)46-62(67)72-78-70(51-22-12-10-13-23-51)77-71(79-72)52-24-14-11-15-25-52;/h10-44,46H,1-9H3;/q;+2. The molecule has 13 rings (SSSR count). The maximum Gasteiger partial charge on any atom is 2.00 e. The summed E-state index contributed by atoms with van der Waals surface area (Å²) in [5, 5.41) is 2.00. The molecule has 0 saturated heterocycles. The Hall–Kier alpha value is -9.19. The first-order chi connectivity index (χ1) is 40.0. The van der Waals surface area contributed by atoms with E-state index < -0.39 is 0 Å². The molecule has 412 valence electrons. The molecule has 1 aliphatic rings. The number of rotatable bonds is 10. The second kappa shape index (κ2) is 21.9. The van der Waals surface area contributed by atoms with Crippen molar-refractivity contribution < 1.29 is 25.8 Å². The molecule has 0 bridgehead atoms. The van der Waals surface area contributed by atoms with Gasteiger partial charge in [0.15, 0.2) is 11.6 Å². The molecular weight excluding hydrogens is 1210 g/mol. The van der Waals surface area contributed by atoms with Crippen molar-refractivity contribution in [2.45, 2.75) is 78.6 Å². The molecule has 84 heavy (non-hydrogen) atoms. The largest absolute Gasteiger partial charge is 2.00 e. The van der Waals surface area contributed by atoms with Crippen LogP contribution in [0.4, 0.5) is 22.7 Å². The predicted octanol–water partition coefficient (Wildman–Crippen LogP) is 18.8. The van der Waals surface area contributed by atoms with Crippen LogP contribution >= 0.6 is 0 Å². The van der Waals surface area contributed by atoms with Gasteiger partial charge in [0.05, 0.1) is 11.1 Å². The van der Waals surface area contributed by atoms with Crippen molar-refractivity contribution in [3.05, 3.63) is 247 Å². The van der Waals surface area contributed by atoms with Crippen LogP contribution in [0.1, 0.15) is 79.0 Å². The number of benzene rings is 9. The van der Waals surface area contributed by atoms with Gasteiger partial charge in [0.1, 0.15) is 17.3 Å². The molecule has 0 aliphatic carbocycles. The molecular formula is C75H63N7OPt+2. The van der Waals surface area contributed by atoms with Crippen molar-refractivity contribution in [1.29, 1.82) is 0 Å². The van der Waals surface area contributed by atoms with Gasteiger partial charge in [-0.3, -0.25) is 0 Å². The van der Waals surface area contributed by atoms with E-state index in [0.717, 1.165) is 83.8 Å². The van der Waals surface area contributed by atoms with Crippen LogP contribution in [0, 0.1) is 12.1 Å². The van der Waals surface area contributed by atoms with E-state index in [-0.39, 0.29) is 37.3 Å². The zero-order chi connectivity index (χ0) is 57.2. The summed E-state index contributed by atoms with van der Waals surface area (Å²) in [6, 6.07) is 85.4. The Kier molecular flexibility index (Phi) is 14.4. The van der Waals surface area contributed by atoms with Gasteiger partial charge in [0, 0.05) is 46.5 Å². The quantitative estimate of drug-likeness (QED) is 0.101. The van der Waals surface area contributed by atoms with Gasteiger partial charge < -0.3 is 9.30 Å². The number of ether oxygens (including phenoxy) is 1. The summed E-state index contributed by atoms with van der Waals surface area (Å²) >= 11 is 0. The fraction of sp³-hybridized carbons (Fsp3) is 0.160. The zero-order valence-electron chi connectivity index (χ0n) is 48.6. The molecule has 0 atom stereocenters. The van der Waals surface area contributed by atoms with E-state index >= 15 is 0 Å². The van der Waals surface area contributed by atoms with Gasteiger partial charge in [0.25, 0.3) is 11.4 Å². The van der Waals surface area contributed by atoms with Gasteiger partial charge in [-0.2, -0.15) is 6.07 Å². The average Bonchev–Trinajstić information content (AvgIpc) is 2.78. The summed E-state index contributed by atoms with van der Waals surface area (Å²) in [5.74, 6) is 3.15. The van der Waals surface area contributed by atoms with Gasteiger partial charge in [-0.15, -0.1) is 23.6 Å². The van der Waals surface area contributed by atoms with Gasteiger partial charge in [-0.1, -0.05) is 230 Å². The number of aromatic nitrogens is 5. The number of hydrogen-bond donors (Lipinski definition) is 0. The fourth-order valence-electron chi connectivity index (χ4n) is 11.0. The number of nitrogens with zero attached hydrogens (tertiary/aromatic N) is 7. The second-order valence-electron chi connectivity index (χ2n) is 24.4. The normalized spacial score (nSPS) is 12.4. The summed E-state index contributed by atoms with van der Waals surface area (Å²) in [6.45, 7) is 20.3. The molecule has 0 amide bonds. The molecule has 0 radical (unpaired) electrons. The van der Waals surface area contributed by atoms with Crippen molar-refractivity contribution in [2.24, 2.45) is 0 Å². The van der Waals surface area contributed by atoms with Crippen LogP contribution in [0.25, 0.3) is 84.0 Å². The first kappa shape index (κ1) is 55.3. The molecule has 3 aromatic heterocycles. The third-order valence-corrected chi connectivity index (χ3v) is 15.6. The Balaban J connectivity index is 0.00000694. The summed E-state index contributed by atoms with van der Waals surface area (Å²) in [6.07, 6.45) is 1.82. The zero-order valence-corrected chi connectivity index (χ0v) is 50.9. The fourth-order valence-corrected chi connectivity index (χ4v) is 11.0. The van der Waals surface area contributed by atoms with E-state index in [2.05, 4.69) is 209 Å². The van der Waals surface area contributed by atoms with Crippen LogP contribution in [0.15, 0.2) is 219 Å². The maximum atomic E-state index is 7.24. The van der Waals surface area contributed by atoms with E-state index in [1.807, 2.05) is 103 Å². The maximum absolute atomic E-state index is 7.24. The van der Waals surface area contributed by atoms with E-state index in [4.69, 9.17) is 24.7 Å². The SMILES string of the molecule is CC(C)(C)c1ccc(-c2cccc(-c3ccc(C(C)(C)C)cc3)c2[N+]2=C=[N+](c3[c-]c(Oc4[c-]c5c(cc4-c4nc(-c6ccccc6)nc(-c6ccccc6)n4)c4cc(C(C)(C)C)ccc4n5-c4ccccn4)ccc3)c3ccccc32)cc1.[Pt+2]. The van der Waals surface area contributed by atoms with Gasteiger partial charge in [0.2, 0.25) is 5.69 Å². The van der Waals surface area contributed by atoms with Crippen molar-refractivity contribution in [2.75, 3.05) is 0 Å². The molecule has 0 saturated carbocycles. The Morgan fingerprint density at radius 3 is 1.52 bits per heavy atom. The number of para-hydroxylation sites is 3. The summed E-state index contributed by atoms with van der Waals surface area (Å²) in [5.41, 5.74) is 15.9. The molecule has 9 aromatic carbocycles. The number of pyridine rings is 1. The van der Waals surface area contributed by atoms with Gasteiger partial charge >= 0.3 is 27.1 Å². The molecule has 8 nitrogen and oxygen atoms in total. The minimum atomic E-state index is -0.113. The summed E-state index contributed by atoms with van der Waals surface area (Å²) in [7, 11) is 0. The number of hydrogen-bond acceptors (Lipinski definition) is 5. The van der Waals surface area contributed by atoms with Gasteiger partial charge in [-0.25, -0.2) is 19.9 Å². The van der Waals surface area contributed by atoms with E-state index in [0.29, 0.717) is 34.5 Å². The summed E-state index contributed by atoms with van der Waals surface area (Å²) in [4.78, 5) is 20.5. The smallest absolute Gasteiger partial charge is 0.508 e. The molecule has 4 heterocycles.